The fraction of sp³-hybridized carbons (Fsp3) is 0.182. The van der Waals surface area contributed by atoms with Crippen LogP contribution in [0, 0.1) is 0 Å². The summed E-state index contributed by atoms with van der Waals surface area (Å²) in [5.41, 5.74) is 7.91. The predicted molar refractivity (Wildman–Crippen MR) is 105 cm³/mol. The van der Waals surface area contributed by atoms with E-state index in [2.05, 4.69) is 45.0 Å². The molecule has 1 aliphatic heterocycles. The fourth-order valence-electron chi connectivity index (χ4n) is 3.46. The predicted octanol–water partition coefficient (Wildman–Crippen LogP) is 3.67. The highest BCUT2D eigenvalue weighted by atomic mass is 16.1. The van der Waals surface area contributed by atoms with Crippen molar-refractivity contribution < 1.29 is 4.79 Å². The molecule has 5 heteroatoms. The van der Waals surface area contributed by atoms with Gasteiger partial charge in [-0.1, -0.05) is 54.6 Å². The number of rotatable bonds is 6. The summed E-state index contributed by atoms with van der Waals surface area (Å²) < 4.78 is 0. The lowest BCUT2D eigenvalue weighted by molar-refractivity contribution is -0.117. The second kappa shape index (κ2) is 8.12. The van der Waals surface area contributed by atoms with Crippen LogP contribution in [-0.4, -0.2) is 15.9 Å². The average molecular weight is 358 g/mol. The summed E-state index contributed by atoms with van der Waals surface area (Å²) in [7, 11) is 0. The SMILES string of the molecule is O=C(CC1c2ccccc2CN1NCc1ccccc1)Nc1cccnc1. The van der Waals surface area contributed by atoms with E-state index >= 15 is 0 Å². The van der Waals surface area contributed by atoms with Crippen molar-refractivity contribution in [2.24, 2.45) is 0 Å². The van der Waals surface area contributed by atoms with Crippen LogP contribution in [0.4, 0.5) is 5.69 Å². The van der Waals surface area contributed by atoms with E-state index in [1.807, 2.05) is 42.5 Å². The zero-order valence-electron chi connectivity index (χ0n) is 15.0. The summed E-state index contributed by atoms with van der Waals surface area (Å²) in [6, 6.07) is 22.3. The van der Waals surface area contributed by atoms with E-state index in [9.17, 15) is 4.79 Å². The molecule has 1 amide bonds. The molecule has 0 spiro atoms. The molecular weight excluding hydrogens is 336 g/mol. The van der Waals surface area contributed by atoms with E-state index in [1.54, 1.807) is 12.4 Å². The lowest BCUT2D eigenvalue weighted by atomic mass is 10.0. The Labute approximate surface area is 159 Å². The first-order valence-electron chi connectivity index (χ1n) is 9.11. The number of nitrogens with one attached hydrogen (secondary N) is 2. The Hall–Kier alpha value is -3.02. The summed E-state index contributed by atoms with van der Waals surface area (Å²) in [5.74, 6) is -0.0174. The van der Waals surface area contributed by atoms with Crippen molar-refractivity contribution >= 4 is 11.6 Å². The van der Waals surface area contributed by atoms with Gasteiger partial charge in [-0.3, -0.25) is 9.78 Å². The van der Waals surface area contributed by atoms with Crippen molar-refractivity contribution in [3.8, 4) is 0 Å². The third-order valence-electron chi connectivity index (χ3n) is 4.78. The number of carbonyl (C=O) groups excluding carboxylic acids is 1. The van der Waals surface area contributed by atoms with Crippen LogP contribution in [0.15, 0.2) is 79.1 Å². The molecule has 5 nitrogen and oxygen atoms in total. The molecular formula is C22H22N4O. The quantitative estimate of drug-likeness (QED) is 0.706. The first-order valence-corrected chi connectivity index (χ1v) is 9.11. The van der Waals surface area contributed by atoms with Gasteiger partial charge in [-0.05, 0) is 28.8 Å². The number of fused-ring (bicyclic) bond motifs is 1. The van der Waals surface area contributed by atoms with Gasteiger partial charge in [-0.2, -0.15) is 0 Å². The molecule has 1 aliphatic rings. The van der Waals surface area contributed by atoms with Gasteiger partial charge in [-0.25, -0.2) is 10.4 Å². The van der Waals surface area contributed by atoms with E-state index in [1.165, 1.54) is 16.7 Å². The molecule has 0 fully saturated rings. The molecule has 3 aromatic rings. The average Bonchev–Trinajstić information content (AvgIpc) is 3.05. The van der Waals surface area contributed by atoms with Crippen molar-refractivity contribution in [2.75, 3.05) is 5.32 Å². The van der Waals surface area contributed by atoms with Crippen molar-refractivity contribution in [2.45, 2.75) is 25.6 Å². The van der Waals surface area contributed by atoms with Gasteiger partial charge in [0.1, 0.15) is 0 Å². The minimum absolute atomic E-state index is 0.00147. The molecule has 136 valence electrons. The van der Waals surface area contributed by atoms with E-state index < -0.39 is 0 Å². The Balaban J connectivity index is 1.46. The molecule has 2 heterocycles. The number of amides is 1. The maximum atomic E-state index is 12.6. The lowest BCUT2D eigenvalue weighted by Gasteiger charge is -2.25. The number of hydrogen-bond acceptors (Lipinski definition) is 4. The smallest absolute Gasteiger partial charge is 0.226 e. The van der Waals surface area contributed by atoms with Gasteiger partial charge in [0.15, 0.2) is 0 Å². The monoisotopic (exact) mass is 358 g/mol. The van der Waals surface area contributed by atoms with E-state index in [-0.39, 0.29) is 11.9 Å². The Morgan fingerprint density at radius 2 is 1.85 bits per heavy atom. The molecule has 0 bridgehead atoms. The van der Waals surface area contributed by atoms with Crippen molar-refractivity contribution in [3.05, 3.63) is 95.8 Å². The summed E-state index contributed by atoms with van der Waals surface area (Å²) in [6.07, 6.45) is 3.73. The highest BCUT2D eigenvalue weighted by Crippen LogP contribution is 2.34. The topological polar surface area (TPSA) is 57.3 Å². The number of nitrogens with zero attached hydrogens (tertiary/aromatic N) is 2. The molecule has 0 aliphatic carbocycles. The van der Waals surface area contributed by atoms with Crippen LogP contribution in [0.3, 0.4) is 0 Å². The van der Waals surface area contributed by atoms with Crippen LogP contribution < -0.4 is 10.7 Å². The summed E-state index contributed by atoms with van der Waals surface area (Å²) in [6.45, 7) is 1.52. The molecule has 4 rings (SSSR count). The Kier molecular flexibility index (Phi) is 5.23. The molecule has 0 saturated carbocycles. The van der Waals surface area contributed by atoms with Gasteiger partial charge >= 0.3 is 0 Å². The number of benzene rings is 2. The van der Waals surface area contributed by atoms with E-state index in [0.29, 0.717) is 6.42 Å². The number of hydrogen-bond donors (Lipinski definition) is 2. The first-order chi connectivity index (χ1) is 13.3. The van der Waals surface area contributed by atoms with Gasteiger partial charge in [-0.15, -0.1) is 0 Å². The molecule has 1 unspecified atom stereocenters. The summed E-state index contributed by atoms with van der Waals surface area (Å²) in [4.78, 5) is 16.7. The largest absolute Gasteiger partial charge is 0.325 e. The third-order valence-corrected chi connectivity index (χ3v) is 4.78. The zero-order valence-corrected chi connectivity index (χ0v) is 15.0. The molecule has 2 aromatic carbocycles. The van der Waals surface area contributed by atoms with Crippen LogP contribution in [0.2, 0.25) is 0 Å². The van der Waals surface area contributed by atoms with Crippen LogP contribution >= 0.6 is 0 Å². The minimum atomic E-state index is -0.0174. The van der Waals surface area contributed by atoms with Crippen molar-refractivity contribution in [3.63, 3.8) is 0 Å². The molecule has 2 N–H and O–H groups in total. The Bertz CT molecular complexity index is 898. The van der Waals surface area contributed by atoms with Crippen LogP contribution in [-0.2, 0) is 17.9 Å². The number of pyridine rings is 1. The molecule has 1 aromatic heterocycles. The Morgan fingerprint density at radius 3 is 2.67 bits per heavy atom. The van der Waals surface area contributed by atoms with E-state index in [4.69, 9.17) is 0 Å². The lowest BCUT2D eigenvalue weighted by Crippen LogP contribution is -2.37. The maximum absolute atomic E-state index is 12.6. The van der Waals surface area contributed by atoms with Crippen LogP contribution in [0.25, 0.3) is 0 Å². The van der Waals surface area contributed by atoms with Crippen molar-refractivity contribution in [1.82, 2.24) is 15.4 Å². The summed E-state index contributed by atoms with van der Waals surface area (Å²) in [5, 5.41) is 5.11. The zero-order chi connectivity index (χ0) is 18.5. The van der Waals surface area contributed by atoms with Gasteiger partial charge in [0.05, 0.1) is 17.9 Å². The van der Waals surface area contributed by atoms with Gasteiger partial charge < -0.3 is 5.32 Å². The maximum Gasteiger partial charge on any atom is 0.226 e. The molecule has 0 saturated heterocycles. The van der Waals surface area contributed by atoms with Crippen molar-refractivity contribution in [1.29, 1.82) is 0 Å². The van der Waals surface area contributed by atoms with Crippen LogP contribution in [0.5, 0.6) is 0 Å². The molecule has 0 radical (unpaired) electrons. The fourth-order valence-corrected chi connectivity index (χ4v) is 3.46. The number of anilines is 1. The second-order valence-corrected chi connectivity index (χ2v) is 6.66. The van der Waals surface area contributed by atoms with E-state index in [0.717, 1.165) is 18.8 Å². The third kappa shape index (κ3) is 4.22. The normalized spacial score (nSPS) is 16.1. The Morgan fingerprint density at radius 1 is 1.04 bits per heavy atom. The first kappa shape index (κ1) is 17.4. The number of hydrazine groups is 1. The molecule has 1 atom stereocenters. The second-order valence-electron chi connectivity index (χ2n) is 6.66. The van der Waals surface area contributed by atoms with Gasteiger partial charge in [0.25, 0.3) is 0 Å². The standard InChI is InChI=1S/C22H22N4O/c27-22(25-19-10-6-12-23-15-19)13-21-20-11-5-4-9-18(20)16-26(21)24-14-17-7-2-1-3-8-17/h1-12,15,21,24H,13-14,16H2,(H,25,27). The summed E-state index contributed by atoms with van der Waals surface area (Å²) >= 11 is 0. The van der Waals surface area contributed by atoms with Gasteiger partial charge in [0, 0.05) is 25.7 Å². The molecule has 27 heavy (non-hydrogen) atoms. The number of aromatic nitrogens is 1. The van der Waals surface area contributed by atoms with Gasteiger partial charge in [0.2, 0.25) is 5.91 Å². The highest BCUT2D eigenvalue weighted by molar-refractivity contribution is 5.91. The van der Waals surface area contributed by atoms with Crippen LogP contribution in [0.1, 0.15) is 29.2 Å². The number of carbonyl (C=O) groups is 1. The minimum Gasteiger partial charge on any atom is -0.325 e. The highest BCUT2D eigenvalue weighted by Gasteiger charge is 2.31.